The lowest BCUT2D eigenvalue weighted by atomic mass is 10.1. The first-order valence-corrected chi connectivity index (χ1v) is 7.19. The SMILES string of the molecule is NCc1cccc2ccn(Cc3ccc(F)c(Br)c3)c12. The van der Waals surface area contributed by atoms with Gasteiger partial charge in [-0.25, -0.2) is 4.39 Å². The van der Waals surface area contributed by atoms with Crippen LogP contribution in [0.25, 0.3) is 10.9 Å². The third kappa shape index (κ3) is 2.37. The highest BCUT2D eigenvalue weighted by Crippen LogP contribution is 2.23. The molecule has 0 amide bonds. The summed E-state index contributed by atoms with van der Waals surface area (Å²) in [6, 6.07) is 13.3. The predicted octanol–water partition coefficient (Wildman–Crippen LogP) is 4.05. The van der Waals surface area contributed by atoms with E-state index in [1.807, 2.05) is 24.4 Å². The number of hydrogen-bond acceptors (Lipinski definition) is 1. The van der Waals surface area contributed by atoms with Crippen LogP contribution in [0, 0.1) is 5.82 Å². The maximum atomic E-state index is 13.3. The molecule has 4 heteroatoms. The van der Waals surface area contributed by atoms with E-state index in [4.69, 9.17) is 5.73 Å². The average molecular weight is 333 g/mol. The zero-order valence-electron chi connectivity index (χ0n) is 10.8. The first-order chi connectivity index (χ1) is 9.69. The molecule has 0 atom stereocenters. The summed E-state index contributed by atoms with van der Waals surface area (Å²) in [5, 5.41) is 1.18. The molecule has 0 aliphatic rings. The van der Waals surface area contributed by atoms with Gasteiger partial charge in [0.1, 0.15) is 5.82 Å². The van der Waals surface area contributed by atoms with Gasteiger partial charge < -0.3 is 10.3 Å². The quantitative estimate of drug-likeness (QED) is 0.770. The molecule has 0 saturated carbocycles. The predicted molar refractivity (Wildman–Crippen MR) is 83.0 cm³/mol. The highest BCUT2D eigenvalue weighted by molar-refractivity contribution is 9.10. The molecule has 3 aromatic rings. The second-order valence-electron chi connectivity index (χ2n) is 4.75. The zero-order chi connectivity index (χ0) is 14.1. The number of aromatic nitrogens is 1. The number of halogens is 2. The van der Waals surface area contributed by atoms with Gasteiger partial charge in [-0.05, 0) is 50.6 Å². The van der Waals surface area contributed by atoms with Crippen molar-refractivity contribution in [3.63, 3.8) is 0 Å². The Labute approximate surface area is 125 Å². The number of benzene rings is 2. The molecular formula is C16H14BrFN2. The third-order valence-corrected chi connectivity index (χ3v) is 4.04. The highest BCUT2D eigenvalue weighted by Gasteiger charge is 2.07. The number of nitrogens with two attached hydrogens (primary N) is 1. The van der Waals surface area contributed by atoms with E-state index in [9.17, 15) is 4.39 Å². The normalized spacial score (nSPS) is 11.2. The Bertz CT molecular complexity index is 764. The molecule has 1 heterocycles. The van der Waals surface area contributed by atoms with Crippen LogP contribution >= 0.6 is 15.9 Å². The van der Waals surface area contributed by atoms with Crippen molar-refractivity contribution in [3.05, 3.63) is 70.1 Å². The van der Waals surface area contributed by atoms with Crippen LogP contribution in [0.15, 0.2) is 53.1 Å². The molecule has 2 nitrogen and oxygen atoms in total. The van der Waals surface area contributed by atoms with Crippen LogP contribution in [-0.4, -0.2) is 4.57 Å². The van der Waals surface area contributed by atoms with Gasteiger partial charge in [-0.3, -0.25) is 0 Å². The fraction of sp³-hybridized carbons (Fsp3) is 0.125. The minimum absolute atomic E-state index is 0.242. The van der Waals surface area contributed by atoms with Crippen LogP contribution in [0.3, 0.4) is 0 Å². The number of fused-ring (bicyclic) bond motifs is 1. The van der Waals surface area contributed by atoms with E-state index in [2.05, 4.69) is 32.6 Å². The van der Waals surface area contributed by atoms with Gasteiger partial charge in [-0.15, -0.1) is 0 Å². The Morgan fingerprint density at radius 3 is 2.75 bits per heavy atom. The molecule has 0 radical (unpaired) electrons. The van der Waals surface area contributed by atoms with Crippen molar-refractivity contribution >= 4 is 26.8 Å². The van der Waals surface area contributed by atoms with E-state index >= 15 is 0 Å². The van der Waals surface area contributed by atoms with E-state index in [0.29, 0.717) is 17.6 Å². The van der Waals surface area contributed by atoms with E-state index < -0.39 is 0 Å². The molecule has 0 aliphatic carbocycles. The monoisotopic (exact) mass is 332 g/mol. The number of hydrogen-bond donors (Lipinski definition) is 1. The Morgan fingerprint density at radius 2 is 2.00 bits per heavy atom. The highest BCUT2D eigenvalue weighted by atomic mass is 79.9. The Morgan fingerprint density at radius 1 is 1.15 bits per heavy atom. The molecule has 0 fully saturated rings. The molecule has 0 saturated heterocycles. The van der Waals surface area contributed by atoms with Gasteiger partial charge in [0.25, 0.3) is 0 Å². The van der Waals surface area contributed by atoms with Crippen molar-refractivity contribution in [1.82, 2.24) is 4.57 Å². The topological polar surface area (TPSA) is 30.9 Å². The average Bonchev–Trinajstić information content (AvgIpc) is 2.86. The number of nitrogens with zero attached hydrogens (tertiary/aromatic N) is 1. The van der Waals surface area contributed by atoms with Crippen molar-refractivity contribution < 1.29 is 4.39 Å². The van der Waals surface area contributed by atoms with Gasteiger partial charge in [0.05, 0.1) is 9.99 Å². The zero-order valence-corrected chi connectivity index (χ0v) is 12.4. The third-order valence-electron chi connectivity index (χ3n) is 3.43. The second kappa shape index (κ2) is 5.38. The summed E-state index contributed by atoms with van der Waals surface area (Å²) in [7, 11) is 0. The fourth-order valence-corrected chi connectivity index (χ4v) is 2.90. The maximum Gasteiger partial charge on any atom is 0.137 e. The van der Waals surface area contributed by atoms with Gasteiger partial charge in [0, 0.05) is 19.3 Å². The Hall–Kier alpha value is -1.65. The van der Waals surface area contributed by atoms with Crippen molar-refractivity contribution in [2.75, 3.05) is 0 Å². The molecule has 0 bridgehead atoms. The standard InChI is InChI=1S/C16H14BrFN2/c17-14-8-11(4-5-15(14)18)10-20-7-6-12-2-1-3-13(9-19)16(12)20/h1-8H,9-10,19H2. The largest absolute Gasteiger partial charge is 0.343 e. The van der Waals surface area contributed by atoms with Gasteiger partial charge >= 0.3 is 0 Å². The molecule has 0 aliphatic heterocycles. The summed E-state index contributed by atoms with van der Waals surface area (Å²) >= 11 is 3.22. The lowest BCUT2D eigenvalue weighted by Gasteiger charge is -2.09. The van der Waals surface area contributed by atoms with Crippen LogP contribution in [0.1, 0.15) is 11.1 Å². The van der Waals surface area contributed by atoms with Gasteiger partial charge in [-0.2, -0.15) is 0 Å². The van der Waals surface area contributed by atoms with Crippen molar-refractivity contribution in [1.29, 1.82) is 0 Å². The summed E-state index contributed by atoms with van der Waals surface area (Å²) in [5.41, 5.74) is 9.12. The van der Waals surface area contributed by atoms with Crippen LogP contribution in [0.4, 0.5) is 4.39 Å². The molecule has 3 rings (SSSR count). The van der Waals surface area contributed by atoms with Crippen molar-refractivity contribution in [2.45, 2.75) is 13.1 Å². The molecule has 0 spiro atoms. The van der Waals surface area contributed by atoms with E-state index in [1.165, 1.54) is 11.5 Å². The molecule has 102 valence electrons. The van der Waals surface area contributed by atoms with Crippen molar-refractivity contribution in [2.24, 2.45) is 5.73 Å². The maximum absolute atomic E-state index is 13.3. The molecule has 20 heavy (non-hydrogen) atoms. The van der Waals surface area contributed by atoms with Gasteiger partial charge in [0.15, 0.2) is 0 Å². The first-order valence-electron chi connectivity index (χ1n) is 6.40. The molecule has 2 N–H and O–H groups in total. The Kier molecular flexibility index (Phi) is 3.59. The van der Waals surface area contributed by atoms with E-state index in [0.717, 1.165) is 16.6 Å². The minimum Gasteiger partial charge on any atom is -0.343 e. The smallest absolute Gasteiger partial charge is 0.137 e. The lowest BCUT2D eigenvalue weighted by Crippen LogP contribution is -2.03. The summed E-state index contributed by atoms with van der Waals surface area (Å²) in [4.78, 5) is 0. The lowest BCUT2D eigenvalue weighted by molar-refractivity contribution is 0.619. The van der Waals surface area contributed by atoms with Crippen LogP contribution in [0.2, 0.25) is 0 Å². The first kappa shape index (κ1) is 13.3. The summed E-state index contributed by atoms with van der Waals surface area (Å²) < 4.78 is 15.9. The fourth-order valence-electron chi connectivity index (χ4n) is 2.47. The van der Waals surface area contributed by atoms with Crippen molar-refractivity contribution in [3.8, 4) is 0 Å². The van der Waals surface area contributed by atoms with E-state index in [1.54, 1.807) is 6.07 Å². The second-order valence-corrected chi connectivity index (χ2v) is 5.61. The van der Waals surface area contributed by atoms with Gasteiger partial charge in [-0.1, -0.05) is 24.3 Å². The summed E-state index contributed by atoms with van der Waals surface area (Å²) in [6.07, 6.45) is 2.04. The molecule has 2 aromatic carbocycles. The molecule has 0 unspecified atom stereocenters. The van der Waals surface area contributed by atoms with Crippen LogP contribution in [-0.2, 0) is 13.1 Å². The molecular weight excluding hydrogens is 319 g/mol. The van der Waals surface area contributed by atoms with Gasteiger partial charge in [0.2, 0.25) is 0 Å². The Balaban J connectivity index is 2.04. The summed E-state index contributed by atoms with van der Waals surface area (Å²) in [6.45, 7) is 1.20. The molecule has 1 aromatic heterocycles. The van der Waals surface area contributed by atoms with E-state index in [-0.39, 0.29) is 5.82 Å². The minimum atomic E-state index is -0.242. The van der Waals surface area contributed by atoms with Crippen LogP contribution < -0.4 is 5.73 Å². The van der Waals surface area contributed by atoms with Crippen LogP contribution in [0.5, 0.6) is 0 Å². The summed E-state index contributed by atoms with van der Waals surface area (Å²) in [5.74, 6) is -0.242. The number of para-hydroxylation sites is 1. The number of rotatable bonds is 3.